The molecule has 0 spiro atoms. The van der Waals surface area contributed by atoms with Crippen molar-refractivity contribution in [2.45, 2.75) is 11.4 Å². The highest BCUT2D eigenvalue weighted by Gasteiger charge is 2.15. The van der Waals surface area contributed by atoms with Gasteiger partial charge in [0.2, 0.25) is 0 Å². The maximum Gasteiger partial charge on any atom is 0.261 e. The number of carbonyl (C=O) groups is 1. The van der Waals surface area contributed by atoms with Crippen molar-refractivity contribution >= 4 is 21.6 Å². The molecule has 1 heterocycles. The number of hydrogen-bond donors (Lipinski definition) is 2. The van der Waals surface area contributed by atoms with E-state index in [4.69, 9.17) is 0 Å². The third kappa shape index (κ3) is 4.89. The molecular weight excluding hydrogens is 369 g/mol. The quantitative estimate of drug-likeness (QED) is 0.683. The first kappa shape index (κ1) is 18.5. The van der Waals surface area contributed by atoms with E-state index in [1.165, 1.54) is 18.5 Å². The van der Waals surface area contributed by atoms with E-state index in [0.717, 1.165) is 29.8 Å². The fourth-order valence-corrected chi connectivity index (χ4v) is 3.36. The van der Waals surface area contributed by atoms with Crippen molar-refractivity contribution in [1.29, 1.82) is 0 Å². The number of halogens is 1. The molecule has 2 N–H and O–H groups in total. The average molecular weight is 385 g/mol. The lowest BCUT2D eigenvalue weighted by molar-refractivity contribution is 0.0950. The first-order chi connectivity index (χ1) is 12.9. The maximum atomic E-state index is 13.0. The van der Waals surface area contributed by atoms with E-state index in [2.05, 4.69) is 15.0 Å². The second-order valence-corrected chi connectivity index (χ2v) is 7.37. The van der Waals surface area contributed by atoms with Gasteiger partial charge in [0, 0.05) is 12.7 Å². The van der Waals surface area contributed by atoms with Crippen LogP contribution in [0.1, 0.15) is 15.9 Å². The molecule has 27 heavy (non-hydrogen) atoms. The minimum Gasteiger partial charge on any atom is -0.348 e. The highest BCUT2D eigenvalue weighted by Crippen LogP contribution is 2.17. The van der Waals surface area contributed by atoms with Crippen LogP contribution in [0.5, 0.6) is 0 Å². The summed E-state index contributed by atoms with van der Waals surface area (Å²) in [5, 5.41) is 2.75. The fourth-order valence-electron chi connectivity index (χ4n) is 2.33. The second kappa shape index (κ2) is 7.96. The van der Waals surface area contributed by atoms with Gasteiger partial charge in [-0.05, 0) is 35.9 Å². The van der Waals surface area contributed by atoms with Crippen LogP contribution in [-0.2, 0) is 16.6 Å². The molecule has 0 unspecified atom stereocenters. The number of benzene rings is 2. The van der Waals surface area contributed by atoms with Crippen molar-refractivity contribution in [2.24, 2.45) is 0 Å². The normalized spacial score (nSPS) is 11.0. The van der Waals surface area contributed by atoms with Crippen LogP contribution in [0.15, 0.2) is 78.0 Å². The molecule has 2 aromatic carbocycles. The Balaban J connectivity index is 1.71. The summed E-state index contributed by atoms with van der Waals surface area (Å²) >= 11 is 0. The average Bonchev–Trinajstić information content (AvgIpc) is 2.67. The number of amides is 1. The fraction of sp³-hybridized carbons (Fsp3) is 0.0526. The summed E-state index contributed by atoms with van der Waals surface area (Å²) in [7, 11) is -3.92. The first-order valence-electron chi connectivity index (χ1n) is 7.99. The summed E-state index contributed by atoms with van der Waals surface area (Å²) in [6.45, 7) is 0.338. The Hall–Kier alpha value is -3.26. The lowest BCUT2D eigenvalue weighted by Gasteiger charge is -2.09. The summed E-state index contributed by atoms with van der Waals surface area (Å²) in [5.41, 5.74) is 1.28. The van der Waals surface area contributed by atoms with Crippen LogP contribution in [0.3, 0.4) is 0 Å². The predicted molar refractivity (Wildman–Crippen MR) is 99.1 cm³/mol. The van der Waals surface area contributed by atoms with Crippen molar-refractivity contribution < 1.29 is 17.6 Å². The van der Waals surface area contributed by atoms with E-state index in [1.807, 2.05) is 30.3 Å². The van der Waals surface area contributed by atoms with Crippen molar-refractivity contribution in [1.82, 2.24) is 10.3 Å². The van der Waals surface area contributed by atoms with Gasteiger partial charge in [-0.25, -0.2) is 12.8 Å². The number of anilines is 1. The Morgan fingerprint density at radius 3 is 2.41 bits per heavy atom. The maximum absolute atomic E-state index is 13.0. The van der Waals surface area contributed by atoms with Crippen LogP contribution in [0.4, 0.5) is 10.1 Å². The van der Waals surface area contributed by atoms with Crippen LogP contribution in [-0.4, -0.2) is 19.3 Å². The van der Waals surface area contributed by atoms with Crippen LogP contribution in [0.25, 0.3) is 0 Å². The zero-order valence-corrected chi connectivity index (χ0v) is 14.9. The summed E-state index contributed by atoms with van der Waals surface area (Å²) in [4.78, 5) is 16.1. The van der Waals surface area contributed by atoms with E-state index < -0.39 is 15.8 Å². The van der Waals surface area contributed by atoms with Crippen LogP contribution in [0, 0.1) is 5.82 Å². The number of pyridine rings is 1. The molecule has 0 bridgehead atoms. The lowest BCUT2D eigenvalue weighted by Crippen LogP contribution is -2.23. The zero-order valence-electron chi connectivity index (χ0n) is 14.1. The van der Waals surface area contributed by atoms with Gasteiger partial charge in [-0.1, -0.05) is 30.3 Å². The van der Waals surface area contributed by atoms with Crippen LogP contribution < -0.4 is 10.0 Å². The zero-order chi connectivity index (χ0) is 19.3. The molecular formula is C19H16FN3O3S. The summed E-state index contributed by atoms with van der Waals surface area (Å²) in [6.07, 6.45) is 2.63. The standard InChI is InChI=1S/C19H16FN3O3S/c20-16-6-8-18(9-7-16)27(25,26)23-17-10-15(12-21-13-17)19(24)22-11-14-4-2-1-3-5-14/h1-10,12-13,23H,11H2,(H,22,24). The number of carbonyl (C=O) groups excluding carboxylic acids is 1. The smallest absolute Gasteiger partial charge is 0.261 e. The van der Waals surface area contributed by atoms with E-state index in [9.17, 15) is 17.6 Å². The Kier molecular flexibility index (Phi) is 5.46. The van der Waals surface area contributed by atoms with Gasteiger partial charge in [-0.2, -0.15) is 0 Å². The number of nitrogens with zero attached hydrogens (tertiary/aromatic N) is 1. The molecule has 0 aliphatic heterocycles. The van der Waals surface area contributed by atoms with Gasteiger partial charge in [0.15, 0.2) is 0 Å². The Labute approximate surface area is 156 Å². The summed E-state index contributed by atoms with van der Waals surface area (Å²) < 4.78 is 40.0. The molecule has 0 radical (unpaired) electrons. The van der Waals surface area contributed by atoms with Crippen LogP contribution in [0.2, 0.25) is 0 Å². The predicted octanol–water partition coefficient (Wildman–Crippen LogP) is 2.95. The molecule has 3 aromatic rings. The summed E-state index contributed by atoms with van der Waals surface area (Å²) in [6, 6.07) is 15.2. The highest BCUT2D eigenvalue weighted by molar-refractivity contribution is 7.92. The van der Waals surface area contributed by atoms with E-state index in [1.54, 1.807) is 0 Å². The van der Waals surface area contributed by atoms with Gasteiger partial charge in [0.1, 0.15) is 5.82 Å². The molecule has 0 aliphatic rings. The molecule has 8 heteroatoms. The molecule has 0 fully saturated rings. The van der Waals surface area contributed by atoms with Crippen molar-refractivity contribution in [3.63, 3.8) is 0 Å². The van der Waals surface area contributed by atoms with Gasteiger partial charge in [0.25, 0.3) is 15.9 Å². The summed E-state index contributed by atoms with van der Waals surface area (Å²) in [5.74, 6) is -0.915. The molecule has 1 aromatic heterocycles. The van der Waals surface area contributed by atoms with Gasteiger partial charge in [-0.3, -0.25) is 14.5 Å². The van der Waals surface area contributed by atoms with E-state index in [-0.39, 0.29) is 22.1 Å². The number of aromatic nitrogens is 1. The monoisotopic (exact) mass is 385 g/mol. The molecule has 0 atom stereocenters. The van der Waals surface area contributed by atoms with Gasteiger partial charge < -0.3 is 5.32 Å². The van der Waals surface area contributed by atoms with Crippen molar-refractivity contribution in [3.8, 4) is 0 Å². The van der Waals surface area contributed by atoms with Gasteiger partial charge in [-0.15, -0.1) is 0 Å². The van der Waals surface area contributed by atoms with Crippen molar-refractivity contribution in [2.75, 3.05) is 4.72 Å². The first-order valence-corrected chi connectivity index (χ1v) is 9.48. The third-order valence-electron chi connectivity index (χ3n) is 3.67. The topological polar surface area (TPSA) is 88.2 Å². The number of rotatable bonds is 6. The number of nitrogens with one attached hydrogen (secondary N) is 2. The van der Waals surface area contributed by atoms with Gasteiger partial charge >= 0.3 is 0 Å². The third-order valence-corrected chi connectivity index (χ3v) is 5.07. The van der Waals surface area contributed by atoms with Crippen LogP contribution >= 0.6 is 0 Å². The Morgan fingerprint density at radius 2 is 1.70 bits per heavy atom. The molecule has 1 amide bonds. The minimum atomic E-state index is -3.92. The number of sulfonamides is 1. The molecule has 0 saturated heterocycles. The Bertz CT molecular complexity index is 1040. The van der Waals surface area contributed by atoms with E-state index in [0.29, 0.717) is 6.54 Å². The van der Waals surface area contributed by atoms with Crippen molar-refractivity contribution in [3.05, 3.63) is 90.0 Å². The SMILES string of the molecule is O=C(NCc1ccccc1)c1cncc(NS(=O)(=O)c2ccc(F)cc2)c1. The Morgan fingerprint density at radius 1 is 1.00 bits per heavy atom. The lowest BCUT2D eigenvalue weighted by atomic mass is 10.2. The largest absolute Gasteiger partial charge is 0.348 e. The second-order valence-electron chi connectivity index (χ2n) is 5.69. The molecule has 3 rings (SSSR count). The molecule has 6 nitrogen and oxygen atoms in total. The minimum absolute atomic E-state index is 0.0946. The highest BCUT2D eigenvalue weighted by atomic mass is 32.2. The molecule has 138 valence electrons. The molecule has 0 aliphatic carbocycles. The number of hydrogen-bond acceptors (Lipinski definition) is 4. The molecule has 0 saturated carbocycles. The van der Waals surface area contributed by atoms with E-state index >= 15 is 0 Å². The van der Waals surface area contributed by atoms with Gasteiger partial charge in [0.05, 0.1) is 22.3 Å².